The van der Waals surface area contributed by atoms with E-state index in [1.165, 1.54) is 0 Å². The summed E-state index contributed by atoms with van der Waals surface area (Å²) in [5.41, 5.74) is 1.51. The average Bonchev–Trinajstić information content (AvgIpc) is 3.24. The first-order valence-electron chi connectivity index (χ1n) is 10.3. The molecular weight excluding hydrogens is 378 g/mol. The lowest BCUT2D eigenvalue weighted by atomic mass is 10.0. The topological polar surface area (TPSA) is 48.0 Å². The number of ketones is 1. The van der Waals surface area contributed by atoms with E-state index >= 15 is 0 Å². The molecule has 2 aromatic rings. The lowest BCUT2D eigenvalue weighted by Gasteiger charge is -2.20. The van der Waals surface area contributed by atoms with Gasteiger partial charge in [-0.15, -0.1) is 0 Å². The Hall–Kier alpha value is -2.97. The maximum atomic E-state index is 12.9. The van der Waals surface area contributed by atoms with Crippen molar-refractivity contribution in [2.75, 3.05) is 34.4 Å². The highest BCUT2D eigenvalue weighted by Gasteiger charge is 2.24. The van der Waals surface area contributed by atoms with Gasteiger partial charge in [0.2, 0.25) is 0 Å². The largest absolute Gasteiger partial charge is 0.496 e. The molecule has 1 heterocycles. The number of benzene rings is 2. The van der Waals surface area contributed by atoms with E-state index in [0.717, 1.165) is 37.9 Å². The third-order valence-corrected chi connectivity index (χ3v) is 5.36. The number of ether oxygens (including phenoxy) is 3. The Kier molecular flexibility index (Phi) is 7.75. The van der Waals surface area contributed by atoms with Crippen LogP contribution in [0.5, 0.6) is 17.2 Å². The van der Waals surface area contributed by atoms with Crippen LogP contribution in [0.2, 0.25) is 0 Å². The molecule has 1 unspecified atom stereocenters. The van der Waals surface area contributed by atoms with Crippen LogP contribution >= 0.6 is 0 Å². The van der Waals surface area contributed by atoms with Crippen LogP contribution < -0.4 is 14.2 Å². The van der Waals surface area contributed by atoms with Crippen LogP contribution in [-0.2, 0) is 0 Å². The molecule has 0 aromatic heterocycles. The Bertz CT molecular complexity index is 889. The highest BCUT2D eigenvalue weighted by Crippen LogP contribution is 2.35. The first-order valence-corrected chi connectivity index (χ1v) is 10.3. The molecule has 1 fully saturated rings. The van der Waals surface area contributed by atoms with Crippen molar-refractivity contribution in [3.63, 3.8) is 0 Å². The van der Waals surface area contributed by atoms with Crippen LogP contribution in [0.4, 0.5) is 0 Å². The Morgan fingerprint density at radius 3 is 2.40 bits per heavy atom. The van der Waals surface area contributed by atoms with Crippen molar-refractivity contribution in [1.82, 2.24) is 4.90 Å². The second-order valence-electron chi connectivity index (χ2n) is 7.26. The number of hydrogen-bond donors (Lipinski definition) is 0. The van der Waals surface area contributed by atoms with Crippen LogP contribution in [0.3, 0.4) is 0 Å². The number of methoxy groups -OCH3 is 3. The normalized spacial score (nSPS) is 15.9. The second kappa shape index (κ2) is 10.7. The monoisotopic (exact) mass is 407 g/mol. The number of nitrogens with zero attached hydrogens (tertiary/aromatic N) is 1. The Morgan fingerprint density at radius 1 is 1.07 bits per heavy atom. The minimum Gasteiger partial charge on any atom is -0.496 e. The van der Waals surface area contributed by atoms with E-state index in [2.05, 4.69) is 16.7 Å². The summed E-state index contributed by atoms with van der Waals surface area (Å²) in [6, 6.07) is 13.7. The zero-order valence-corrected chi connectivity index (χ0v) is 17.9. The summed E-state index contributed by atoms with van der Waals surface area (Å²) in [6.07, 6.45) is 3.41. The first-order chi connectivity index (χ1) is 14.7. The van der Waals surface area contributed by atoms with Crippen LogP contribution in [0.1, 0.15) is 41.6 Å². The summed E-state index contributed by atoms with van der Waals surface area (Å²) in [6.45, 7) is 1.87. The fourth-order valence-corrected chi connectivity index (χ4v) is 3.79. The molecule has 30 heavy (non-hydrogen) atoms. The first kappa shape index (κ1) is 21.7. The highest BCUT2D eigenvalue weighted by molar-refractivity contribution is 6.01. The molecule has 1 aliphatic heterocycles. The van der Waals surface area contributed by atoms with Crippen LogP contribution in [-0.4, -0.2) is 51.1 Å². The quantitative estimate of drug-likeness (QED) is 0.485. The molecule has 5 heteroatoms. The lowest BCUT2D eigenvalue weighted by molar-refractivity contribution is 0.0969. The molecule has 0 aliphatic carbocycles. The van der Waals surface area contributed by atoms with Gasteiger partial charge >= 0.3 is 0 Å². The maximum Gasteiger partial charge on any atom is 0.170 e. The van der Waals surface area contributed by atoms with Crippen molar-refractivity contribution in [3.05, 3.63) is 53.6 Å². The fourth-order valence-electron chi connectivity index (χ4n) is 3.79. The van der Waals surface area contributed by atoms with Gasteiger partial charge in [0.1, 0.15) is 22.8 Å². The smallest absolute Gasteiger partial charge is 0.170 e. The van der Waals surface area contributed by atoms with Crippen LogP contribution in [0, 0.1) is 11.8 Å². The van der Waals surface area contributed by atoms with Crippen molar-refractivity contribution >= 4 is 5.78 Å². The zero-order chi connectivity index (χ0) is 21.3. The summed E-state index contributed by atoms with van der Waals surface area (Å²) >= 11 is 0. The van der Waals surface area contributed by atoms with E-state index in [1.54, 1.807) is 33.5 Å². The summed E-state index contributed by atoms with van der Waals surface area (Å²) in [7, 11) is 4.67. The molecule has 5 nitrogen and oxygen atoms in total. The van der Waals surface area contributed by atoms with Gasteiger partial charge < -0.3 is 14.2 Å². The third-order valence-electron chi connectivity index (χ3n) is 5.36. The van der Waals surface area contributed by atoms with Gasteiger partial charge in [0.15, 0.2) is 5.78 Å². The molecule has 1 atom stereocenters. The molecular formula is C25H29NO4. The number of rotatable bonds is 8. The molecule has 2 aromatic carbocycles. The summed E-state index contributed by atoms with van der Waals surface area (Å²) < 4.78 is 16.1. The molecule has 158 valence electrons. The van der Waals surface area contributed by atoms with Crippen molar-refractivity contribution in [2.24, 2.45) is 0 Å². The number of likely N-dealkylation sites (tertiary alicyclic amines) is 1. The lowest BCUT2D eigenvalue weighted by Crippen LogP contribution is -2.29. The maximum absolute atomic E-state index is 12.9. The van der Waals surface area contributed by atoms with Gasteiger partial charge in [0.25, 0.3) is 0 Å². The van der Waals surface area contributed by atoms with Gasteiger partial charge in [0, 0.05) is 24.1 Å². The van der Waals surface area contributed by atoms with Gasteiger partial charge in [-0.2, -0.15) is 0 Å². The number of hydrogen-bond acceptors (Lipinski definition) is 5. The zero-order valence-electron chi connectivity index (χ0n) is 17.9. The Labute approximate surface area is 178 Å². The van der Waals surface area contributed by atoms with E-state index in [1.807, 2.05) is 30.3 Å². The van der Waals surface area contributed by atoms with Crippen LogP contribution in [0.25, 0.3) is 0 Å². The number of carbonyl (C=O) groups is 1. The predicted molar refractivity (Wildman–Crippen MR) is 118 cm³/mol. The van der Waals surface area contributed by atoms with E-state index in [4.69, 9.17) is 14.2 Å². The molecule has 1 aliphatic rings. The van der Waals surface area contributed by atoms with Gasteiger partial charge in [-0.1, -0.05) is 30.0 Å². The summed E-state index contributed by atoms with van der Waals surface area (Å²) in [5.74, 6) is 8.24. The average molecular weight is 408 g/mol. The second-order valence-corrected chi connectivity index (χ2v) is 7.26. The fraction of sp³-hybridized carbons (Fsp3) is 0.400. The number of carbonyl (C=O) groups excluding carboxylic acids is 1. The highest BCUT2D eigenvalue weighted by atomic mass is 16.5. The molecule has 0 bridgehead atoms. The molecule has 0 saturated carbocycles. The summed E-state index contributed by atoms with van der Waals surface area (Å²) in [4.78, 5) is 15.3. The third kappa shape index (κ3) is 5.34. The molecule has 0 N–H and O–H groups in total. The predicted octanol–water partition coefficient (Wildman–Crippen LogP) is 4.19. The SMILES string of the molecule is COc1cc(OC)c(C(=O)CCCN2CCCC2C#Cc2ccccc2)c(OC)c1. The van der Waals surface area contributed by atoms with Crippen molar-refractivity contribution in [1.29, 1.82) is 0 Å². The molecule has 0 radical (unpaired) electrons. The van der Waals surface area contributed by atoms with Crippen molar-refractivity contribution < 1.29 is 19.0 Å². The van der Waals surface area contributed by atoms with E-state index < -0.39 is 0 Å². The molecule has 0 amide bonds. The van der Waals surface area contributed by atoms with Gasteiger partial charge in [-0.3, -0.25) is 9.69 Å². The summed E-state index contributed by atoms with van der Waals surface area (Å²) in [5, 5.41) is 0. The van der Waals surface area contributed by atoms with Crippen molar-refractivity contribution in [3.8, 4) is 29.1 Å². The van der Waals surface area contributed by atoms with Gasteiger partial charge in [0.05, 0.1) is 27.4 Å². The van der Waals surface area contributed by atoms with E-state index in [-0.39, 0.29) is 11.8 Å². The molecule has 1 saturated heterocycles. The van der Waals surface area contributed by atoms with Crippen LogP contribution in [0.15, 0.2) is 42.5 Å². The van der Waals surface area contributed by atoms with Gasteiger partial charge in [-0.05, 0) is 44.5 Å². The molecule has 3 rings (SSSR count). The van der Waals surface area contributed by atoms with E-state index in [9.17, 15) is 4.79 Å². The minimum absolute atomic E-state index is 0.0115. The molecule has 0 spiro atoms. The minimum atomic E-state index is 0.0115. The van der Waals surface area contributed by atoms with Crippen molar-refractivity contribution in [2.45, 2.75) is 31.7 Å². The van der Waals surface area contributed by atoms with E-state index in [0.29, 0.717) is 29.2 Å². The standard InChI is InChI=1S/C25H29NO4/c1-28-21-17-23(29-2)25(24(18-21)30-3)22(27)12-8-16-26-15-7-11-20(26)14-13-19-9-5-4-6-10-19/h4-6,9-10,17-18,20H,7-8,11-12,15-16H2,1-3H3. The Balaban J connectivity index is 1.61. The Morgan fingerprint density at radius 2 is 1.77 bits per heavy atom. The van der Waals surface area contributed by atoms with Gasteiger partial charge in [-0.25, -0.2) is 0 Å². The number of Topliss-reactive ketones (excluding diaryl/α,β-unsaturated/α-hetero) is 1.